The third kappa shape index (κ3) is 3.68. The number of rotatable bonds is 5. The molecule has 8 nitrogen and oxygen atoms in total. The Morgan fingerprint density at radius 2 is 1.75 bits per heavy atom. The van der Waals surface area contributed by atoms with Crippen LogP contribution in [0, 0.1) is 6.92 Å². The summed E-state index contributed by atoms with van der Waals surface area (Å²) in [6.45, 7) is 2.33. The van der Waals surface area contributed by atoms with Gasteiger partial charge in [-0.15, -0.1) is 16.4 Å². The van der Waals surface area contributed by atoms with E-state index >= 15 is 0 Å². The molecule has 0 spiro atoms. The molecule has 0 unspecified atom stereocenters. The maximum absolute atomic E-state index is 13.2. The second kappa shape index (κ2) is 8.37. The zero-order valence-corrected chi connectivity index (χ0v) is 18.2. The predicted molar refractivity (Wildman–Crippen MR) is 124 cm³/mol. The van der Waals surface area contributed by atoms with Gasteiger partial charge in [-0.2, -0.15) is 14.9 Å². The van der Waals surface area contributed by atoms with Crippen molar-refractivity contribution in [3.05, 3.63) is 82.3 Å². The van der Waals surface area contributed by atoms with Gasteiger partial charge in [0, 0.05) is 18.2 Å². The highest BCUT2D eigenvalue weighted by atomic mass is 32.1. The number of methoxy groups -OCH3 is 1. The fourth-order valence-electron chi connectivity index (χ4n) is 3.47. The molecule has 0 aliphatic carbocycles. The van der Waals surface area contributed by atoms with Crippen LogP contribution >= 0.6 is 11.3 Å². The third-order valence-corrected chi connectivity index (χ3v) is 5.96. The summed E-state index contributed by atoms with van der Waals surface area (Å²) in [6.07, 6.45) is 0. The minimum absolute atomic E-state index is 0.238. The average molecular weight is 443 g/mol. The maximum atomic E-state index is 13.2. The van der Waals surface area contributed by atoms with Gasteiger partial charge in [0.2, 0.25) is 0 Å². The molecule has 2 aromatic carbocycles. The van der Waals surface area contributed by atoms with E-state index in [1.54, 1.807) is 31.4 Å². The second-order valence-corrected chi connectivity index (χ2v) is 8.17. The van der Waals surface area contributed by atoms with Crippen molar-refractivity contribution in [2.75, 3.05) is 7.11 Å². The Hall–Kier alpha value is -3.82. The van der Waals surface area contributed by atoms with Crippen molar-refractivity contribution in [3.63, 3.8) is 0 Å². The molecule has 5 aromatic rings. The van der Waals surface area contributed by atoms with Crippen molar-refractivity contribution < 1.29 is 4.74 Å². The summed E-state index contributed by atoms with van der Waals surface area (Å²) in [5.41, 5.74) is 4.17. The maximum Gasteiger partial charge on any atom is 0.292 e. The summed E-state index contributed by atoms with van der Waals surface area (Å²) in [5, 5.41) is 17.8. The summed E-state index contributed by atoms with van der Waals surface area (Å²) in [4.78, 5) is 18.6. The number of pyridine rings is 1. The van der Waals surface area contributed by atoms with Gasteiger partial charge in [0.05, 0.1) is 23.7 Å². The Morgan fingerprint density at radius 3 is 2.47 bits per heavy atom. The standard InChI is InChI=1S/C23H18N6O2S/c1-14-12-15(13-31-2)19-20-21(32-22(19)24-14)23(30)29(28-27-20)18-10-8-17(9-11-18)26-25-16-6-4-3-5-7-16/h3-12H,13H2,1-2H3. The molecule has 5 rings (SSSR count). The minimum Gasteiger partial charge on any atom is -0.380 e. The van der Waals surface area contributed by atoms with E-state index in [9.17, 15) is 4.79 Å². The van der Waals surface area contributed by atoms with Crippen LogP contribution in [0.5, 0.6) is 0 Å². The van der Waals surface area contributed by atoms with Crippen molar-refractivity contribution in [3.8, 4) is 5.69 Å². The zero-order chi connectivity index (χ0) is 22.1. The topological polar surface area (TPSA) is 94.6 Å². The van der Waals surface area contributed by atoms with Gasteiger partial charge in [0.15, 0.2) is 0 Å². The van der Waals surface area contributed by atoms with Crippen LogP contribution in [0.15, 0.2) is 75.7 Å². The van der Waals surface area contributed by atoms with E-state index in [0.717, 1.165) is 27.2 Å². The van der Waals surface area contributed by atoms with Gasteiger partial charge in [-0.05, 0) is 55.0 Å². The Balaban J connectivity index is 1.54. The van der Waals surface area contributed by atoms with Gasteiger partial charge in [-0.3, -0.25) is 4.79 Å². The molecule has 0 atom stereocenters. The number of ether oxygens (including phenoxy) is 1. The highest BCUT2D eigenvalue weighted by Crippen LogP contribution is 2.32. The van der Waals surface area contributed by atoms with Crippen molar-refractivity contribution in [1.82, 2.24) is 20.0 Å². The first-order chi connectivity index (χ1) is 15.6. The summed E-state index contributed by atoms with van der Waals surface area (Å²) in [7, 11) is 1.64. The molecule has 0 amide bonds. The quantitative estimate of drug-likeness (QED) is 0.346. The van der Waals surface area contributed by atoms with Crippen molar-refractivity contribution >= 4 is 43.1 Å². The average Bonchev–Trinajstić information content (AvgIpc) is 3.19. The molecule has 9 heteroatoms. The minimum atomic E-state index is -0.238. The molecule has 0 aliphatic heterocycles. The van der Waals surface area contributed by atoms with Crippen LogP contribution in [0.25, 0.3) is 26.1 Å². The first kappa shape index (κ1) is 20.1. The van der Waals surface area contributed by atoms with Gasteiger partial charge < -0.3 is 4.74 Å². The molecule has 0 fully saturated rings. The summed E-state index contributed by atoms with van der Waals surface area (Å²) >= 11 is 1.32. The van der Waals surface area contributed by atoms with E-state index in [1.807, 2.05) is 43.3 Å². The van der Waals surface area contributed by atoms with Crippen LogP contribution < -0.4 is 5.56 Å². The Kier molecular flexibility index (Phi) is 5.26. The summed E-state index contributed by atoms with van der Waals surface area (Å²) in [6, 6.07) is 18.6. The molecule has 32 heavy (non-hydrogen) atoms. The van der Waals surface area contributed by atoms with Gasteiger partial charge in [-0.25, -0.2) is 4.98 Å². The molecule has 3 heterocycles. The number of fused-ring (bicyclic) bond motifs is 3. The van der Waals surface area contributed by atoms with Gasteiger partial charge >= 0.3 is 0 Å². The Labute approximate surface area is 186 Å². The van der Waals surface area contributed by atoms with Crippen LogP contribution in [-0.2, 0) is 11.3 Å². The molecule has 3 aromatic heterocycles. The van der Waals surface area contributed by atoms with Crippen molar-refractivity contribution in [1.29, 1.82) is 0 Å². The fraction of sp³-hybridized carbons (Fsp3) is 0.130. The molecular formula is C23H18N6O2S. The molecule has 0 radical (unpaired) electrons. The SMILES string of the molecule is COCc1cc(C)nc2sc3c(=O)n(-c4ccc(N=Nc5ccccc5)cc4)nnc3c12. The van der Waals surface area contributed by atoms with E-state index in [4.69, 9.17) is 4.74 Å². The number of aryl methyl sites for hydroxylation is 1. The van der Waals surface area contributed by atoms with Crippen LogP contribution in [-0.4, -0.2) is 27.1 Å². The molecule has 0 saturated carbocycles. The number of azo groups is 1. The molecule has 0 N–H and O–H groups in total. The van der Waals surface area contributed by atoms with Gasteiger partial charge in [0.1, 0.15) is 15.0 Å². The van der Waals surface area contributed by atoms with Gasteiger partial charge in [0.25, 0.3) is 5.56 Å². The van der Waals surface area contributed by atoms with Gasteiger partial charge in [-0.1, -0.05) is 23.4 Å². The zero-order valence-electron chi connectivity index (χ0n) is 17.4. The Bertz CT molecular complexity index is 1510. The second-order valence-electron chi connectivity index (χ2n) is 7.17. The van der Waals surface area contributed by atoms with Crippen molar-refractivity contribution in [2.45, 2.75) is 13.5 Å². The highest BCUT2D eigenvalue weighted by Gasteiger charge is 2.18. The molecular weight excluding hydrogens is 424 g/mol. The van der Waals surface area contributed by atoms with Crippen LogP contribution in [0.2, 0.25) is 0 Å². The van der Waals surface area contributed by atoms with E-state index in [2.05, 4.69) is 25.5 Å². The van der Waals surface area contributed by atoms with Crippen LogP contribution in [0.3, 0.4) is 0 Å². The number of hydrogen-bond acceptors (Lipinski definition) is 8. The number of hydrogen-bond donors (Lipinski definition) is 0. The highest BCUT2D eigenvalue weighted by molar-refractivity contribution is 7.25. The summed E-state index contributed by atoms with van der Waals surface area (Å²) in [5.74, 6) is 0. The lowest BCUT2D eigenvalue weighted by Crippen LogP contribution is -2.21. The van der Waals surface area contributed by atoms with E-state index in [-0.39, 0.29) is 5.56 Å². The first-order valence-electron chi connectivity index (χ1n) is 9.89. The first-order valence-corrected chi connectivity index (χ1v) is 10.7. The monoisotopic (exact) mass is 442 g/mol. The molecule has 0 aliphatic rings. The number of aromatic nitrogens is 4. The molecule has 158 valence electrons. The van der Waals surface area contributed by atoms with E-state index in [0.29, 0.717) is 28.2 Å². The normalized spacial score (nSPS) is 11.7. The number of nitrogens with zero attached hydrogens (tertiary/aromatic N) is 6. The van der Waals surface area contributed by atoms with E-state index < -0.39 is 0 Å². The predicted octanol–water partition coefficient (Wildman–Crippen LogP) is 5.26. The largest absolute Gasteiger partial charge is 0.380 e. The lowest BCUT2D eigenvalue weighted by atomic mass is 10.1. The van der Waals surface area contributed by atoms with Crippen LogP contribution in [0.1, 0.15) is 11.3 Å². The van der Waals surface area contributed by atoms with E-state index in [1.165, 1.54) is 16.0 Å². The molecule has 0 saturated heterocycles. The molecule has 0 bridgehead atoms. The Morgan fingerprint density at radius 1 is 1.03 bits per heavy atom. The number of benzene rings is 2. The lowest BCUT2D eigenvalue weighted by Gasteiger charge is -2.05. The smallest absolute Gasteiger partial charge is 0.292 e. The lowest BCUT2D eigenvalue weighted by molar-refractivity contribution is 0.186. The third-order valence-electron chi connectivity index (χ3n) is 4.90. The fourth-order valence-corrected chi connectivity index (χ4v) is 4.60. The van der Waals surface area contributed by atoms with Crippen molar-refractivity contribution in [2.24, 2.45) is 10.2 Å². The van der Waals surface area contributed by atoms with Crippen LogP contribution in [0.4, 0.5) is 11.4 Å². The summed E-state index contributed by atoms with van der Waals surface area (Å²) < 4.78 is 7.12. The number of thiophene rings is 1.